The standard InChI is InChI=1S/C9H14O2S/c1-2-9(10)11-7-3-5-8(12)6-4-7/h2,7-8,12H,1,3-6H2. The molecule has 0 aliphatic heterocycles. The molecule has 0 unspecified atom stereocenters. The molecule has 0 bridgehead atoms. The van der Waals surface area contributed by atoms with Gasteiger partial charge < -0.3 is 4.74 Å². The molecule has 12 heavy (non-hydrogen) atoms. The van der Waals surface area contributed by atoms with Crippen LogP contribution >= 0.6 is 12.6 Å². The Balaban J connectivity index is 2.26. The Bertz CT molecular complexity index is 171. The van der Waals surface area contributed by atoms with Crippen LogP contribution in [-0.4, -0.2) is 17.3 Å². The van der Waals surface area contributed by atoms with Crippen molar-refractivity contribution in [1.29, 1.82) is 0 Å². The van der Waals surface area contributed by atoms with Gasteiger partial charge in [0.05, 0.1) is 0 Å². The lowest BCUT2D eigenvalue weighted by molar-refractivity contribution is -0.144. The van der Waals surface area contributed by atoms with E-state index in [1.165, 1.54) is 6.08 Å². The molecule has 0 atom stereocenters. The Morgan fingerprint density at radius 2 is 2.00 bits per heavy atom. The van der Waals surface area contributed by atoms with Crippen LogP contribution in [0.1, 0.15) is 25.7 Å². The summed E-state index contributed by atoms with van der Waals surface area (Å²) in [6.07, 6.45) is 5.27. The van der Waals surface area contributed by atoms with Crippen molar-refractivity contribution in [3.8, 4) is 0 Å². The normalized spacial score (nSPS) is 29.4. The average Bonchev–Trinajstić information content (AvgIpc) is 2.09. The lowest BCUT2D eigenvalue weighted by atomic mass is 9.97. The van der Waals surface area contributed by atoms with Crippen LogP contribution in [0.15, 0.2) is 12.7 Å². The molecule has 0 saturated heterocycles. The van der Waals surface area contributed by atoms with Gasteiger partial charge in [-0.1, -0.05) is 6.58 Å². The summed E-state index contributed by atoms with van der Waals surface area (Å²) in [5.74, 6) is -0.308. The molecule has 1 saturated carbocycles. The number of hydrogen-bond acceptors (Lipinski definition) is 3. The monoisotopic (exact) mass is 186 g/mol. The van der Waals surface area contributed by atoms with Crippen LogP contribution in [0.2, 0.25) is 0 Å². The highest BCUT2D eigenvalue weighted by Gasteiger charge is 2.20. The van der Waals surface area contributed by atoms with Crippen LogP contribution in [0.5, 0.6) is 0 Å². The van der Waals surface area contributed by atoms with E-state index in [0.29, 0.717) is 5.25 Å². The fourth-order valence-electron chi connectivity index (χ4n) is 1.38. The molecule has 68 valence electrons. The first kappa shape index (κ1) is 9.65. The molecule has 0 aromatic rings. The zero-order valence-corrected chi connectivity index (χ0v) is 7.93. The SMILES string of the molecule is C=CC(=O)OC1CCC(S)CC1. The zero-order chi connectivity index (χ0) is 8.97. The third-order valence-electron chi connectivity index (χ3n) is 2.09. The van der Waals surface area contributed by atoms with Crippen LogP contribution in [0.4, 0.5) is 0 Å². The molecule has 0 spiro atoms. The van der Waals surface area contributed by atoms with Crippen molar-refractivity contribution in [2.75, 3.05) is 0 Å². The fourth-order valence-corrected chi connectivity index (χ4v) is 1.67. The van der Waals surface area contributed by atoms with E-state index in [4.69, 9.17) is 4.74 Å². The van der Waals surface area contributed by atoms with Crippen LogP contribution in [0, 0.1) is 0 Å². The highest BCUT2D eigenvalue weighted by molar-refractivity contribution is 7.80. The maximum atomic E-state index is 10.8. The lowest BCUT2D eigenvalue weighted by Crippen LogP contribution is -2.23. The quantitative estimate of drug-likeness (QED) is 0.405. The maximum Gasteiger partial charge on any atom is 0.330 e. The summed E-state index contributed by atoms with van der Waals surface area (Å²) in [7, 11) is 0. The number of hydrogen-bond donors (Lipinski definition) is 1. The summed E-state index contributed by atoms with van der Waals surface area (Å²) in [4.78, 5) is 10.8. The van der Waals surface area contributed by atoms with Crippen LogP contribution in [0.3, 0.4) is 0 Å². The van der Waals surface area contributed by atoms with Gasteiger partial charge >= 0.3 is 5.97 Å². The fraction of sp³-hybridized carbons (Fsp3) is 0.667. The number of carbonyl (C=O) groups is 1. The van der Waals surface area contributed by atoms with Gasteiger partial charge in [-0.15, -0.1) is 0 Å². The molecule has 0 N–H and O–H groups in total. The number of esters is 1. The van der Waals surface area contributed by atoms with Crippen molar-refractivity contribution < 1.29 is 9.53 Å². The Kier molecular flexibility index (Phi) is 3.66. The minimum absolute atomic E-state index is 0.0962. The Morgan fingerprint density at radius 3 is 2.50 bits per heavy atom. The molecule has 0 aromatic heterocycles. The molecular formula is C9H14O2S. The van der Waals surface area contributed by atoms with E-state index in [1.807, 2.05) is 0 Å². The van der Waals surface area contributed by atoms with E-state index in [0.717, 1.165) is 25.7 Å². The van der Waals surface area contributed by atoms with Crippen molar-refractivity contribution in [2.24, 2.45) is 0 Å². The molecule has 0 aromatic carbocycles. The molecule has 0 amide bonds. The van der Waals surface area contributed by atoms with Crippen molar-refractivity contribution in [3.63, 3.8) is 0 Å². The molecular weight excluding hydrogens is 172 g/mol. The summed E-state index contributed by atoms with van der Waals surface area (Å²) in [6, 6.07) is 0. The van der Waals surface area contributed by atoms with Gasteiger partial charge in [0, 0.05) is 11.3 Å². The van der Waals surface area contributed by atoms with Gasteiger partial charge in [-0.25, -0.2) is 4.79 Å². The number of rotatable bonds is 2. The number of ether oxygens (including phenoxy) is 1. The first-order chi connectivity index (χ1) is 5.72. The van der Waals surface area contributed by atoms with Crippen molar-refractivity contribution in [3.05, 3.63) is 12.7 Å². The van der Waals surface area contributed by atoms with Gasteiger partial charge in [0.1, 0.15) is 6.10 Å². The summed E-state index contributed by atoms with van der Waals surface area (Å²) in [5.41, 5.74) is 0. The minimum Gasteiger partial charge on any atom is -0.459 e. The Labute approximate surface area is 78.4 Å². The van der Waals surface area contributed by atoms with E-state index in [9.17, 15) is 4.79 Å². The van der Waals surface area contributed by atoms with Crippen LogP contribution in [0.25, 0.3) is 0 Å². The van der Waals surface area contributed by atoms with Gasteiger partial charge in [-0.2, -0.15) is 12.6 Å². The third kappa shape index (κ3) is 2.89. The van der Waals surface area contributed by atoms with Gasteiger partial charge in [0.2, 0.25) is 0 Å². The minimum atomic E-state index is -0.308. The highest BCUT2D eigenvalue weighted by Crippen LogP contribution is 2.24. The molecule has 1 fully saturated rings. The molecule has 0 radical (unpaired) electrons. The second-order valence-electron chi connectivity index (χ2n) is 3.07. The first-order valence-electron chi connectivity index (χ1n) is 4.23. The Morgan fingerprint density at radius 1 is 1.42 bits per heavy atom. The van der Waals surface area contributed by atoms with Crippen molar-refractivity contribution in [2.45, 2.75) is 37.0 Å². The predicted octanol–water partition coefficient (Wildman–Crippen LogP) is 1.96. The van der Waals surface area contributed by atoms with E-state index in [2.05, 4.69) is 19.2 Å². The second-order valence-corrected chi connectivity index (χ2v) is 3.80. The molecule has 0 heterocycles. The highest BCUT2D eigenvalue weighted by atomic mass is 32.1. The largest absolute Gasteiger partial charge is 0.459 e. The summed E-state index contributed by atoms with van der Waals surface area (Å²) >= 11 is 4.35. The van der Waals surface area contributed by atoms with E-state index >= 15 is 0 Å². The summed E-state index contributed by atoms with van der Waals surface area (Å²) in [6.45, 7) is 3.35. The zero-order valence-electron chi connectivity index (χ0n) is 7.03. The molecule has 1 aliphatic rings. The number of thiol groups is 1. The molecule has 1 rings (SSSR count). The van der Waals surface area contributed by atoms with E-state index in [1.54, 1.807) is 0 Å². The van der Waals surface area contributed by atoms with E-state index in [-0.39, 0.29) is 12.1 Å². The predicted molar refractivity (Wildman–Crippen MR) is 51.3 cm³/mol. The van der Waals surface area contributed by atoms with Gasteiger partial charge in [0.15, 0.2) is 0 Å². The second kappa shape index (κ2) is 4.55. The summed E-state index contributed by atoms with van der Waals surface area (Å²) in [5, 5.41) is 0.490. The number of carbonyl (C=O) groups excluding carboxylic acids is 1. The average molecular weight is 186 g/mol. The van der Waals surface area contributed by atoms with Gasteiger partial charge in [0.25, 0.3) is 0 Å². The van der Waals surface area contributed by atoms with E-state index < -0.39 is 0 Å². The third-order valence-corrected chi connectivity index (χ3v) is 2.61. The summed E-state index contributed by atoms with van der Waals surface area (Å²) < 4.78 is 5.10. The maximum absolute atomic E-state index is 10.8. The van der Waals surface area contributed by atoms with Crippen molar-refractivity contribution >= 4 is 18.6 Å². The first-order valence-corrected chi connectivity index (χ1v) is 4.75. The molecule has 1 aliphatic carbocycles. The van der Waals surface area contributed by atoms with Gasteiger partial charge in [-0.05, 0) is 25.7 Å². The lowest BCUT2D eigenvalue weighted by Gasteiger charge is -2.24. The molecule has 3 heteroatoms. The van der Waals surface area contributed by atoms with Crippen LogP contribution < -0.4 is 0 Å². The van der Waals surface area contributed by atoms with Crippen LogP contribution in [-0.2, 0) is 9.53 Å². The molecule has 2 nitrogen and oxygen atoms in total. The van der Waals surface area contributed by atoms with Crippen molar-refractivity contribution in [1.82, 2.24) is 0 Å². The van der Waals surface area contributed by atoms with Gasteiger partial charge in [-0.3, -0.25) is 0 Å². The Hall–Kier alpha value is -0.440. The topological polar surface area (TPSA) is 26.3 Å². The smallest absolute Gasteiger partial charge is 0.330 e.